The molecule has 2 atom stereocenters. The highest BCUT2D eigenvalue weighted by molar-refractivity contribution is 5.35. The quantitative estimate of drug-likeness (QED) is 0.502. The lowest BCUT2D eigenvalue weighted by atomic mass is 9.99. The first-order valence-corrected chi connectivity index (χ1v) is 7.52. The van der Waals surface area contributed by atoms with E-state index in [4.69, 9.17) is 10.5 Å². The summed E-state index contributed by atoms with van der Waals surface area (Å²) in [6.07, 6.45) is 0. The molecule has 0 aliphatic carbocycles. The fraction of sp³-hybridized carbons (Fsp3) is 0.294. The SMILES string of the molecule is COc1ccc(CN[C@H](c2ccc([N+](=O)[O-])cc2)[C@H](N)CO)cc1. The average Bonchev–Trinajstić information content (AvgIpc) is 2.62. The average molecular weight is 331 g/mol. The Hall–Kier alpha value is -2.48. The molecule has 0 saturated carbocycles. The Bertz CT molecular complexity index is 659. The summed E-state index contributed by atoms with van der Waals surface area (Å²) in [5.74, 6) is 0.776. The maximum absolute atomic E-state index is 10.8. The van der Waals surface area contributed by atoms with E-state index in [0.717, 1.165) is 16.9 Å². The van der Waals surface area contributed by atoms with Gasteiger partial charge in [0.05, 0.1) is 18.6 Å². The van der Waals surface area contributed by atoms with Crippen molar-refractivity contribution in [1.82, 2.24) is 5.32 Å². The van der Waals surface area contributed by atoms with Crippen molar-refractivity contribution in [3.05, 3.63) is 69.8 Å². The number of rotatable bonds is 8. The van der Waals surface area contributed by atoms with Gasteiger partial charge in [-0.3, -0.25) is 10.1 Å². The van der Waals surface area contributed by atoms with Gasteiger partial charge in [0.2, 0.25) is 0 Å². The third kappa shape index (κ3) is 4.51. The molecular formula is C17H21N3O4. The molecule has 7 nitrogen and oxygen atoms in total. The fourth-order valence-electron chi connectivity index (χ4n) is 2.40. The number of aliphatic hydroxyl groups excluding tert-OH is 1. The van der Waals surface area contributed by atoms with E-state index in [2.05, 4.69) is 5.32 Å². The van der Waals surface area contributed by atoms with Gasteiger partial charge in [0.15, 0.2) is 0 Å². The summed E-state index contributed by atoms with van der Waals surface area (Å²) in [6, 6.07) is 12.9. The van der Waals surface area contributed by atoms with Gasteiger partial charge in [-0.15, -0.1) is 0 Å². The standard InChI is InChI=1S/C17H21N3O4/c1-24-15-8-2-12(3-9-15)10-19-17(16(18)11-21)13-4-6-14(7-5-13)20(22)23/h2-9,16-17,19,21H,10-11,18H2,1H3/t16-,17-/m1/s1. The number of aliphatic hydroxyl groups is 1. The van der Waals surface area contributed by atoms with E-state index in [-0.39, 0.29) is 18.3 Å². The molecule has 2 aromatic carbocycles. The number of nitro benzene ring substituents is 1. The first-order valence-electron chi connectivity index (χ1n) is 7.52. The maximum Gasteiger partial charge on any atom is 0.269 e. The van der Waals surface area contributed by atoms with Crippen LogP contribution in [0.1, 0.15) is 17.2 Å². The maximum atomic E-state index is 10.8. The molecule has 0 spiro atoms. The number of nitrogens with zero attached hydrogens (tertiary/aromatic N) is 1. The van der Waals surface area contributed by atoms with E-state index in [9.17, 15) is 15.2 Å². The number of methoxy groups -OCH3 is 1. The molecular weight excluding hydrogens is 310 g/mol. The Morgan fingerprint density at radius 1 is 1.21 bits per heavy atom. The topological polar surface area (TPSA) is 111 Å². The van der Waals surface area contributed by atoms with Crippen molar-refractivity contribution in [2.45, 2.75) is 18.6 Å². The van der Waals surface area contributed by atoms with Gasteiger partial charge in [0.1, 0.15) is 5.75 Å². The summed E-state index contributed by atoms with van der Waals surface area (Å²) in [4.78, 5) is 10.3. The van der Waals surface area contributed by atoms with Gasteiger partial charge < -0.3 is 20.9 Å². The van der Waals surface area contributed by atoms with Crippen LogP contribution in [0.4, 0.5) is 5.69 Å². The van der Waals surface area contributed by atoms with Crippen LogP contribution in [0.3, 0.4) is 0 Å². The lowest BCUT2D eigenvalue weighted by Crippen LogP contribution is -2.40. The Kier molecular flexibility index (Phi) is 6.25. The van der Waals surface area contributed by atoms with Crippen LogP contribution in [0.2, 0.25) is 0 Å². The highest BCUT2D eigenvalue weighted by Gasteiger charge is 2.19. The Labute approximate surface area is 140 Å². The Balaban J connectivity index is 2.11. The van der Waals surface area contributed by atoms with E-state index in [0.29, 0.717) is 6.54 Å². The van der Waals surface area contributed by atoms with Gasteiger partial charge in [-0.1, -0.05) is 24.3 Å². The molecule has 128 valence electrons. The highest BCUT2D eigenvalue weighted by Crippen LogP contribution is 2.21. The van der Waals surface area contributed by atoms with Crippen LogP contribution in [0.25, 0.3) is 0 Å². The summed E-state index contributed by atoms with van der Waals surface area (Å²) in [5, 5.41) is 23.4. The lowest BCUT2D eigenvalue weighted by molar-refractivity contribution is -0.384. The molecule has 7 heteroatoms. The molecule has 0 amide bonds. The zero-order valence-electron chi connectivity index (χ0n) is 13.4. The Morgan fingerprint density at radius 2 is 1.83 bits per heavy atom. The van der Waals surface area contributed by atoms with Crippen molar-refractivity contribution in [3.8, 4) is 5.75 Å². The third-order valence-electron chi connectivity index (χ3n) is 3.79. The first kappa shape index (κ1) is 17.9. The normalized spacial score (nSPS) is 13.3. The van der Waals surface area contributed by atoms with Crippen LogP contribution >= 0.6 is 0 Å². The van der Waals surface area contributed by atoms with Crippen molar-refractivity contribution >= 4 is 5.69 Å². The molecule has 24 heavy (non-hydrogen) atoms. The van der Waals surface area contributed by atoms with Gasteiger partial charge in [0.25, 0.3) is 5.69 Å². The molecule has 0 bridgehead atoms. The largest absolute Gasteiger partial charge is 0.497 e. The van der Waals surface area contributed by atoms with E-state index >= 15 is 0 Å². The molecule has 0 heterocycles. The van der Waals surface area contributed by atoms with Crippen LogP contribution in [0, 0.1) is 10.1 Å². The first-order chi connectivity index (χ1) is 11.5. The summed E-state index contributed by atoms with van der Waals surface area (Å²) in [6.45, 7) is 0.344. The molecule has 2 rings (SSSR count). The lowest BCUT2D eigenvalue weighted by Gasteiger charge is -2.24. The van der Waals surface area contributed by atoms with Gasteiger partial charge in [-0.05, 0) is 23.3 Å². The number of benzene rings is 2. The molecule has 4 N–H and O–H groups in total. The zero-order valence-corrected chi connectivity index (χ0v) is 13.4. The van der Waals surface area contributed by atoms with Crippen LogP contribution in [-0.4, -0.2) is 29.8 Å². The number of hydrogen-bond acceptors (Lipinski definition) is 6. The number of hydrogen-bond donors (Lipinski definition) is 3. The van der Waals surface area contributed by atoms with Crippen molar-refractivity contribution in [2.75, 3.05) is 13.7 Å². The predicted octanol–water partition coefficient (Wildman–Crippen LogP) is 1.75. The highest BCUT2D eigenvalue weighted by atomic mass is 16.6. The zero-order chi connectivity index (χ0) is 17.5. The monoisotopic (exact) mass is 331 g/mol. The molecule has 0 aliphatic rings. The van der Waals surface area contributed by atoms with Crippen LogP contribution in [-0.2, 0) is 6.54 Å². The van der Waals surface area contributed by atoms with E-state index < -0.39 is 11.0 Å². The van der Waals surface area contributed by atoms with E-state index in [1.807, 2.05) is 24.3 Å². The second-order valence-corrected chi connectivity index (χ2v) is 5.40. The van der Waals surface area contributed by atoms with Crippen molar-refractivity contribution in [2.24, 2.45) is 5.73 Å². The third-order valence-corrected chi connectivity index (χ3v) is 3.79. The minimum absolute atomic E-state index is 0.0187. The number of ether oxygens (including phenoxy) is 1. The fourth-order valence-corrected chi connectivity index (χ4v) is 2.40. The summed E-state index contributed by atoms with van der Waals surface area (Å²) in [5.41, 5.74) is 7.83. The minimum Gasteiger partial charge on any atom is -0.497 e. The molecule has 0 unspecified atom stereocenters. The minimum atomic E-state index is -0.523. The summed E-state index contributed by atoms with van der Waals surface area (Å²) >= 11 is 0. The molecule has 0 radical (unpaired) electrons. The second kappa shape index (κ2) is 8.39. The molecule has 0 aromatic heterocycles. The van der Waals surface area contributed by atoms with Gasteiger partial charge in [-0.2, -0.15) is 0 Å². The number of nitrogens with two attached hydrogens (primary N) is 1. The summed E-state index contributed by atoms with van der Waals surface area (Å²) < 4.78 is 5.12. The molecule has 2 aromatic rings. The molecule has 0 fully saturated rings. The van der Waals surface area contributed by atoms with Gasteiger partial charge >= 0.3 is 0 Å². The molecule has 0 aliphatic heterocycles. The molecule has 0 saturated heterocycles. The van der Waals surface area contributed by atoms with Crippen LogP contribution in [0.15, 0.2) is 48.5 Å². The second-order valence-electron chi connectivity index (χ2n) is 5.40. The van der Waals surface area contributed by atoms with Crippen molar-refractivity contribution in [3.63, 3.8) is 0 Å². The van der Waals surface area contributed by atoms with E-state index in [1.54, 1.807) is 19.2 Å². The number of nitro groups is 1. The number of non-ortho nitro benzene ring substituents is 1. The van der Waals surface area contributed by atoms with Gasteiger partial charge in [0, 0.05) is 30.8 Å². The van der Waals surface area contributed by atoms with E-state index in [1.165, 1.54) is 12.1 Å². The summed E-state index contributed by atoms with van der Waals surface area (Å²) in [7, 11) is 1.61. The Morgan fingerprint density at radius 3 is 2.33 bits per heavy atom. The smallest absolute Gasteiger partial charge is 0.269 e. The van der Waals surface area contributed by atoms with Crippen molar-refractivity contribution in [1.29, 1.82) is 0 Å². The van der Waals surface area contributed by atoms with Gasteiger partial charge in [-0.25, -0.2) is 0 Å². The van der Waals surface area contributed by atoms with Crippen molar-refractivity contribution < 1.29 is 14.8 Å². The number of nitrogens with one attached hydrogen (secondary N) is 1. The van der Waals surface area contributed by atoms with Crippen LogP contribution < -0.4 is 15.8 Å². The van der Waals surface area contributed by atoms with Crippen LogP contribution in [0.5, 0.6) is 5.75 Å². The predicted molar refractivity (Wildman–Crippen MR) is 90.7 cm³/mol.